The zero-order valence-electron chi connectivity index (χ0n) is 8.14. The Morgan fingerprint density at radius 2 is 2.20 bits per heavy atom. The lowest BCUT2D eigenvalue weighted by Crippen LogP contribution is -2.03. The van der Waals surface area contributed by atoms with E-state index in [1.54, 1.807) is 11.3 Å². The van der Waals surface area contributed by atoms with Crippen molar-refractivity contribution in [3.63, 3.8) is 0 Å². The molecular weight excluding hydrogens is 321 g/mol. The van der Waals surface area contributed by atoms with Gasteiger partial charge in [-0.05, 0) is 41.6 Å². The van der Waals surface area contributed by atoms with E-state index in [0.29, 0.717) is 0 Å². The average molecular weight is 331 g/mol. The van der Waals surface area contributed by atoms with Crippen molar-refractivity contribution in [1.29, 1.82) is 0 Å². The maximum absolute atomic E-state index is 5.74. The molecule has 0 aliphatic heterocycles. The minimum Gasteiger partial charge on any atom is -0.322 e. The Morgan fingerprint density at radius 1 is 1.40 bits per heavy atom. The number of nitrogens with zero attached hydrogens (tertiary/aromatic N) is 2. The van der Waals surface area contributed by atoms with Crippen LogP contribution in [0.2, 0.25) is 0 Å². The van der Waals surface area contributed by atoms with Crippen molar-refractivity contribution in [2.24, 2.45) is 5.73 Å². The summed E-state index contributed by atoms with van der Waals surface area (Å²) in [5, 5.41) is 10.0. The zero-order valence-corrected chi connectivity index (χ0v) is 11.1. The topological polar surface area (TPSA) is 51.8 Å². The molecule has 2 N–H and O–H groups in total. The number of hydrogen-bond donors (Lipinski definition) is 1. The summed E-state index contributed by atoms with van der Waals surface area (Å²) in [6.07, 6.45) is 0. The Bertz CT molecular complexity index is 467. The first-order valence-corrected chi connectivity index (χ1v) is 6.41. The molecule has 1 heterocycles. The molecule has 0 amide bonds. The van der Waals surface area contributed by atoms with E-state index >= 15 is 0 Å². The van der Waals surface area contributed by atoms with Crippen LogP contribution in [0.15, 0.2) is 24.3 Å². The molecule has 1 aromatic carbocycles. The summed E-state index contributed by atoms with van der Waals surface area (Å²) in [7, 11) is 0. The normalized spacial score (nSPS) is 12.7. The fourth-order valence-electron chi connectivity index (χ4n) is 1.16. The molecule has 2 rings (SSSR count). The Kier molecular flexibility index (Phi) is 3.32. The number of rotatable bonds is 2. The summed E-state index contributed by atoms with van der Waals surface area (Å²) in [6.45, 7) is 1.92. The van der Waals surface area contributed by atoms with Gasteiger partial charge in [-0.1, -0.05) is 23.5 Å². The Morgan fingerprint density at radius 3 is 2.80 bits per heavy atom. The lowest BCUT2D eigenvalue weighted by Gasteiger charge is -1.96. The summed E-state index contributed by atoms with van der Waals surface area (Å²) >= 11 is 3.84. The van der Waals surface area contributed by atoms with E-state index in [1.807, 2.05) is 19.1 Å². The number of benzene rings is 1. The molecule has 2 aromatic rings. The van der Waals surface area contributed by atoms with Crippen molar-refractivity contribution >= 4 is 33.9 Å². The van der Waals surface area contributed by atoms with E-state index in [1.165, 1.54) is 3.57 Å². The van der Waals surface area contributed by atoms with Crippen molar-refractivity contribution in [3.8, 4) is 10.6 Å². The molecule has 0 bridgehead atoms. The maximum Gasteiger partial charge on any atom is 0.147 e. The molecular formula is C10H10IN3S. The first-order chi connectivity index (χ1) is 7.16. The van der Waals surface area contributed by atoms with Crippen LogP contribution in [-0.2, 0) is 0 Å². The monoisotopic (exact) mass is 331 g/mol. The van der Waals surface area contributed by atoms with Crippen LogP contribution < -0.4 is 5.73 Å². The lowest BCUT2D eigenvalue weighted by molar-refractivity contribution is 0.786. The Labute approximate surface area is 106 Å². The lowest BCUT2D eigenvalue weighted by atomic mass is 10.2. The van der Waals surface area contributed by atoms with Gasteiger partial charge in [-0.2, -0.15) is 0 Å². The van der Waals surface area contributed by atoms with Gasteiger partial charge in [-0.25, -0.2) is 0 Å². The predicted octanol–water partition coefficient (Wildman–Crippen LogP) is 2.83. The van der Waals surface area contributed by atoms with Gasteiger partial charge in [0.05, 0.1) is 6.04 Å². The Hall–Kier alpha value is -0.530. The molecule has 78 valence electrons. The van der Waals surface area contributed by atoms with Gasteiger partial charge in [0.25, 0.3) is 0 Å². The molecule has 15 heavy (non-hydrogen) atoms. The SMILES string of the molecule is CC(N)c1nnc(-c2cccc(I)c2)s1. The fourth-order valence-corrected chi connectivity index (χ4v) is 2.49. The first kappa shape index (κ1) is 11.0. The predicted molar refractivity (Wildman–Crippen MR) is 70.7 cm³/mol. The molecule has 5 heteroatoms. The van der Waals surface area contributed by atoms with Gasteiger partial charge in [0.15, 0.2) is 0 Å². The number of aromatic nitrogens is 2. The molecule has 0 radical (unpaired) electrons. The largest absolute Gasteiger partial charge is 0.322 e. The van der Waals surface area contributed by atoms with Crippen molar-refractivity contribution in [2.75, 3.05) is 0 Å². The van der Waals surface area contributed by atoms with Gasteiger partial charge in [0.2, 0.25) is 0 Å². The summed E-state index contributed by atoms with van der Waals surface area (Å²) in [5.41, 5.74) is 6.84. The number of hydrogen-bond acceptors (Lipinski definition) is 4. The van der Waals surface area contributed by atoms with Gasteiger partial charge >= 0.3 is 0 Å². The highest BCUT2D eigenvalue weighted by molar-refractivity contribution is 14.1. The van der Waals surface area contributed by atoms with Crippen molar-refractivity contribution in [3.05, 3.63) is 32.8 Å². The van der Waals surface area contributed by atoms with E-state index in [2.05, 4.69) is 44.9 Å². The highest BCUT2D eigenvalue weighted by Gasteiger charge is 2.09. The molecule has 0 aliphatic carbocycles. The average Bonchev–Trinajstić information content (AvgIpc) is 2.66. The standard InChI is InChI=1S/C10H10IN3S/c1-6(12)9-13-14-10(15-9)7-3-2-4-8(11)5-7/h2-6H,12H2,1H3. The zero-order chi connectivity index (χ0) is 10.8. The van der Waals surface area contributed by atoms with Crippen molar-refractivity contribution < 1.29 is 0 Å². The van der Waals surface area contributed by atoms with Gasteiger partial charge in [-0.15, -0.1) is 10.2 Å². The molecule has 0 fully saturated rings. The van der Waals surface area contributed by atoms with Gasteiger partial charge in [0.1, 0.15) is 10.0 Å². The summed E-state index contributed by atoms with van der Waals surface area (Å²) in [6, 6.07) is 8.15. The van der Waals surface area contributed by atoms with Crippen LogP contribution in [-0.4, -0.2) is 10.2 Å². The van der Waals surface area contributed by atoms with Crippen molar-refractivity contribution in [1.82, 2.24) is 10.2 Å². The van der Waals surface area contributed by atoms with E-state index in [0.717, 1.165) is 15.6 Å². The van der Waals surface area contributed by atoms with Crippen LogP contribution in [0.25, 0.3) is 10.6 Å². The molecule has 0 saturated heterocycles. The van der Waals surface area contributed by atoms with E-state index in [4.69, 9.17) is 5.73 Å². The van der Waals surface area contributed by atoms with Crippen LogP contribution >= 0.6 is 33.9 Å². The maximum atomic E-state index is 5.74. The second-order valence-electron chi connectivity index (χ2n) is 3.24. The molecule has 0 spiro atoms. The van der Waals surface area contributed by atoms with Crippen molar-refractivity contribution in [2.45, 2.75) is 13.0 Å². The highest BCUT2D eigenvalue weighted by atomic mass is 127. The van der Waals surface area contributed by atoms with Gasteiger partial charge < -0.3 is 5.73 Å². The molecule has 1 unspecified atom stereocenters. The van der Waals surface area contributed by atoms with Crippen LogP contribution in [0.4, 0.5) is 0 Å². The fraction of sp³-hybridized carbons (Fsp3) is 0.200. The molecule has 1 aromatic heterocycles. The van der Waals surface area contributed by atoms with Gasteiger partial charge in [-0.3, -0.25) is 0 Å². The van der Waals surface area contributed by atoms with Gasteiger partial charge in [0, 0.05) is 9.13 Å². The highest BCUT2D eigenvalue weighted by Crippen LogP contribution is 2.26. The van der Waals surface area contributed by atoms with Crippen LogP contribution in [0.5, 0.6) is 0 Å². The molecule has 1 atom stereocenters. The molecule has 0 saturated carbocycles. The van der Waals surface area contributed by atoms with E-state index in [-0.39, 0.29) is 6.04 Å². The smallest absolute Gasteiger partial charge is 0.147 e. The number of halogens is 1. The second kappa shape index (κ2) is 4.54. The summed E-state index contributed by atoms with van der Waals surface area (Å²) in [5.74, 6) is 0. The minimum absolute atomic E-state index is 0.0426. The quantitative estimate of drug-likeness (QED) is 0.861. The summed E-state index contributed by atoms with van der Waals surface area (Å²) in [4.78, 5) is 0. The Balaban J connectivity index is 2.37. The van der Waals surface area contributed by atoms with E-state index < -0.39 is 0 Å². The first-order valence-electron chi connectivity index (χ1n) is 4.52. The van der Waals surface area contributed by atoms with Crippen LogP contribution in [0, 0.1) is 3.57 Å². The third-order valence-electron chi connectivity index (χ3n) is 1.90. The molecule has 0 aliphatic rings. The minimum atomic E-state index is -0.0426. The second-order valence-corrected chi connectivity index (χ2v) is 5.50. The third kappa shape index (κ3) is 2.53. The van der Waals surface area contributed by atoms with E-state index in [9.17, 15) is 0 Å². The molecule has 3 nitrogen and oxygen atoms in total. The van der Waals surface area contributed by atoms with Crippen LogP contribution in [0.3, 0.4) is 0 Å². The third-order valence-corrected chi connectivity index (χ3v) is 3.75. The number of nitrogens with two attached hydrogens (primary N) is 1. The summed E-state index contributed by atoms with van der Waals surface area (Å²) < 4.78 is 1.20. The van der Waals surface area contributed by atoms with Crippen LogP contribution in [0.1, 0.15) is 18.0 Å².